The predicted molar refractivity (Wildman–Crippen MR) is 95.7 cm³/mol. The summed E-state index contributed by atoms with van der Waals surface area (Å²) < 4.78 is 5.63. The Morgan fingerprint density at radius 1 is 0.917 bits per heavy atom. The van der Waals surface area contributed by atoms with Gasteiger partial charge in [-0.25, -0.2) is 0 Å². The molecule has 24 heavy (non-hydrogen) atoms. The molecule has 4 nitrogen and oxygen atoms in total. The molecule has 0 radical (unpaired) electrons. The van der Waals surface area contributed by atoms with Gasteiger partial charge in [0.25, 0.3) is 0 Å². The number of hydrogen-bond donors (Lipinski definition) is 2. The van der Waals surface area contributed by atoms with E-state index >= 15 is 0 Å². The third-order valence-electron chi connectivity index (χ3n) is 4.42. The lowest BCUT2D eigenvalue weighted by molar-refractivity contribution is -0.0982. The summed E-state index contributed by atoms with van der Waals surface area (Å²) >= 11 is 0. The Morgan fingerprint density at radius 3 is 1.79 bits per heavy atom. The highest BCUT2D eigenvalue weighted by atomic mass is 16.5. The Morgan fingerprint density at radius 2 is 1.38 bits per heavy atom. The fraction of sp³-hybridized carbons (Fsp3) is 0.316. The second-order valence-electron chi connectivity index (χ2n) is 6.85. The lowest BCUT2D eigenvalue weighted by atomic mass is 9.76. The maximum Gasteiger partial charge on any atom is 0.491 e. The highest BCUT2D eigenvalue weighted by Crippen LogP contribution is 2.25. The van der Waals surface area contributed by atoms with Crippen molar-refractivity contribution in [3.63, 3.8) is 0 Å². The molecule has 0 spiro atoms. The molecule has 0 aliphatic carbocycles. The molecule has 2 aromatic carbocycles. The van der Waals surface area contributed by atoms with Gasteiger partial charge in [0.1, 0.15) is 0 Å². The van der Waals surface area contributed by atoms with Crippen LogP contribution in [0.25, 0.3) is 11.1 Å². The summed E-state index contributed by atoms with van der Waals surface area (Å²) in [6.07, 6.45) is 0. The van der Waals surface area contributed by atoms with Gasteiger partial charge in [-0.15, -0.1) is 0 Å². The van der Waals surface area contributed by atoms with Crippen LogP contribution in [0, 0.1) is 11.3 Å². The summed E-state index contributed by atoms with van der Waals surface area (Å²) in [6, 6.07) is 16.8. The van der Waals surface area contributed by atoms with E-state index in [1.165, 1.54) is 0 Å². The molecule has 2 aromatic rings. The smallest absolute Gasteiger partial charge is 0.423 e. The molecule has 0 aliphatic heterocycles. The van der Waals surface area contributed by atoms with Crippen LogP contribution in [0.2, 0.25) is 0 Å². The van der Waals surface area contributed by atoms with Crippen LogP contribution in [-0.2, 0) is 4.65 Å². The van der Waals surface area contributed by atoms with Gasteiger partial charge >= 0.3 is 7.12 Å². The Kier molecular flexibility index (Phi) is 5.15. The maximum absolute atomic E-state index is 10.3. The number of aliphatic hydroxyl groups is 1. The first-order chi connectivity index (χ1) is 11.1. The molecular formula is C19H22BNO3. The summed E-state index contributed by atoms with van der Waals surface area (Å²) in [5, 5.41) is 29.2. The molecule has 0 aromatic heterocycles. The van der Waals surface area contributed by atoms with Gasteiger partial charge in [0, 0.05) is 0 Å². The van der Waals surface area contributed by atoms with Gasteiger partial charge in [-0.3, -0.25) is 0 Å². The Hall–Kier alpha value is -2.13. The number of rotatable bonds is 5. The first-order valence-corrected chi connectivity index (χ1v) is 7.83. The van der Waals surface area contributed by atoms with E-state index in [1.807, 2.05) is 24.3 Å². The molecule has 5 heteroatoms. The van der Waals surface area contributed by atoms with E-state index in [0.717, 1.165) is 11.1 Å². The number of hydrogen-bond acceptors (Lipinski definition) is 4. The van der Waals surface area contributed by atoms with Crippen LogP contribution >= 0.6 is 0 Å². The van der Waals surface area contributed by atoms with E-state index in [0.29, 0.717) is 11.0 Å². The van der Waals surface area contributed by atoms with E-state index in [4.69, 9.17) is 9.92 Å². The van der Waals surface area contributed by atoms with Gasteiger partial charge in [0.2, 0.25) is 0 Å². The maximum atomic E-state index is 10.3. The normalized spacial score (nSPS) is 11.9. The van der Waals surface area contributed by atoms with Crippen molar-refractivity contribution in [2.75, 3.05) is 0 Å². The molecule has 0 aliphatic rings. The van der Waals surface area contributed by atoms with Gasteiger partial charge in [-0.05, 0) is 56.4 Å². The first-order valence-electron chi connectivity index (χ1n) is 7.83. The molecule has 0 unspecified atom stereocenters. The third-order valence-corrected chi connectivity index (χ3v) is 4.42. The van der Waals surface area contributed by atoms with E-state index in [-0.39, 0.29) is 0 Å². The van der Waals surface area contributed by atoms with Gasteiger partial charge in [0.05, 0.1) is 22.8 Å². The second kappa shape index (κ2) is 6.78. The lowest BCUT2D eigenvalue weighted by Gasteiger charge is -2.38. The van der Waals surface area contributed by atoms with Crippen molar-refractivity contribution in [3.8, 4) is 17.2 Å². The molecule has 0 amide bonds. The molecule has 0 fully saturated rings. The number of benzene rings is 2. The van der Waals surface area contributed by atoms with Crippen LogP contribution in [0.1, 0.15) is 33.3 Å². The largest absolute Gasteiger partial charge is 0.491 e. The van der Waals surface area contributed by atoms with Crippen LogP contribution in [-0.4, -0.2) is 28.5 Å². The minimum atomic E-state index is -1.12. The molecule has 0 atom stereocenters. The molecular weight excluding hydrogens is 301 g/mol. The number of nitriles is 1. The molecule has 0 bridgehead atoms. The van der Waals surface area contributed by atoms with Gasteiger partial charge < -0.3 is 14.8 Å². The SMILES string of the molecule is CC(C)(O)C(C)(C)OB(O)c1ccc(-c2ccc(C#N)cc2)cc1. The zero-order valence-electron chi connectivity index (χ0n) is 14.4. The second-order valence-corrected chi connectivity index (χ2v) is 6.85. The number of nitrogens with zero attached hydrogens (tertiary/aromatic N) is 1. The third kappa shape index (κ3) is 4.04. The standard InChI is InChI=1S/C19H22BNO3/c1-18(2,22)19(3,4)24-20(23)17-11-9-16(10-12-17)15-7-5-14(13-21)6-8-15/h5-12,22-23H,1-4H3. The van der Waals surface area contributed by atoms with E-state index in [2.05, 4.69) is 6.07 Å². The van der Waals surface area contributed by atoms with Gasteiger partial charge in [-0.2, -0.15) is 5.26 Å². The average Bonchev–Trinajstić information content (AvgIpc) is 2.53. The Labute approximate surface area is 143 Å². The van der Waals surface area contributed by atoms with Crippen molar-refractivity contribution in [1.82, 2.24) is 0 Å². The van der Waals surface area contributed by atoms with Crippen LogP contribution < -0.4 is 5.46 Å². The fourth-order valence-corrected chi connectivity index (χ4v) is 2.07. The highest BCUT2D eigenvalue weighted by molar-refractivity contribution is 6.60. The van der Waals surface area contributed by atoms with Crippen LogP contribution in [0.4, 0.5) is 0 Å². The minimum Gasteiger partial charge on any atom is -0.423 e. The lowest BCUT2D eigenvalue weighted by Crippen LogP contribution is -2.53. The van der Waals surface area contributed by atoms with Gasteiger partial charge in [-0.1, -0.05) is 36.4 Å². The molecule has 0 heterocycles. The molecule has 0 saturated carbocycles. The zero-order chi connectivity index (χ0) is 18.0. The molecule has 2 rings (SSSR count). The van der Waals surface area contributed by atoms with Crippen LogP contribution in [0.15, 0.2) is 48.5 Å². The van der Waals surface area contributed by atoms with Gasteiger partial charge in [0.15, 0.2) is 0 Å². The van der Waals surface area contributed by atoms with Crippen molar-refractivity contribution in [2.45, 2.75) is 38.9 Å². The van der Waals surface area contributed by atoms with Crippen molar-refractivity contribution in [1.29, 1.82) is 5.26 Å². The minimum absolute atomic E-state index is 0.615. The van der Waals surface area contributed by atoms with Crippen LogP contribution in [0.5, 0.6) is 0 Å². The van der Waals surface area contributed by atoms with Crippen LogP contribution in [0.3, 0.4) is 0 Å². The summed E-state index contributed by atoms with van der Waals surface area (Å²) in [5.74, 6) is 0. The first kappa shape index (κ1) is 18.2. The predicted octanol–water partition coefficient (Wildman–Crippen LogP) is 2.48. The highest BCUT2D eigenvalue weighted by Gasteiger charge is 2.39. The molecule has 0 saturated heterocycles. The summed E-state index contributed by atoms with van der Waals surface area (Å²) in [7, 11) is -1.12. The molecule has 2 N–H and O–H groups in total. The summed E-state index contributed by atoms with van der Waals surface area (Å²) in [6.45, 7) is 6.77. The summed E-state index contributed by atoms with van der Waals surface area (Å²) in [5.41, 5.74) is 1.22. The average molecular weight is 323 g/mol. The Bertz CT molecular complexity index is 725. The quantitative estimate of drug-likeness (QED) is 0.829. The van der Waals surface area contributed by atoms with E-state index < -0.39 is 18.3 Å². The van der Waals surface area contributed by atoms with Crippen molar-refractivity contribution >= 4 is 12.6 Å². The topological polar surface area (TPSA) is 73.5 Å². The summed E-state index contributed by atoms with van der Waals surface area (Å²) in [4.78, 5) is 0. The monoisotopic (exact) mass is 323 g/mol. The molecule has 124 valence electrons. The van der Waals surface area contributed by atoms with E-state index in [1.54, 1.807) is 52.0 Å². The van der Waals surface area contributed by atoms with Crippen molar-refractivity contribution in [2.24, 2.45) is 0 Å². The Balaban J connectivity index is 2.15. The fourth-order valence-electron chi connectivity index (χ4n) is 2.07. The van der Waals surface area contributed by atoms with Crippen molar-refractivity contribution in [3.05, 3.63) is 54.1 Å². The van der Waals surface area contributed by atoms with Crippen molar-refractivity contribution < 1.29 is 14.8 Å². The van der Waals surface area contributed by atoms with E-state index in [9.17, 15) is 10.1 Å². The zero-order valence-corrected chi connectivity index (χ0v) is 14.4.